The lowest BCUT2D eigenvalue weighted by atomic mass is 10.3. The third-order valence-electron chi connectivity index (χ3n) is 1.50. The van der Waals surface area contributed by atoms with Crippen LogP contribution in [0.3, 0.4) is 0 Å². The van der Waals surface area contributed by atoms with Crippen LogP contribution < -0.4 is 5.73 Å². The van der Waals surface area contributed by atoms with Crippen LogP contribution in [-0.4, -0.2) is 54.2 Å². The fraction of sp³-hybridized carbons (Fsp3) is 0.857. The van der Waals surface area contributed by atoms with Crippen molar-refractivity contribution in [2.45, 2.75) is 6.04 Å². The number of thioether (sulfide) groups is 1. The normalized spacial score (nSPS) is 13.3. The van der Waals surface area contributed by atoms with E-state index in [-0.39, 0.29) is 0 Å². The van der Waals surface area contributed by atoms with E-state index < -0.39 is 12.0 Å². The summed E-state index contributed by atoms with van der Waals surface area (Å²) in [7, 11) is 1.87. The monoisotopic (exact) mass is 192 g/mol. The topological polar surface area (TPSA) is 66.6 Å². The van der Waals surface area contributed by atoms with Crippen molar-refractivity contribution in [2.75, 3.05) is 32.1 Å². The Morgan fingerprint density at radius 2 is 2.33 bits per heavy atom. The van der Waals surface area contributed by atoms with Gasteiger partial charge in [-0.2, -0.15) is 11.8 Å². The van der Waals surface area contributed by atoms with Crippen LogP contribution in [0.2, 0.25) is 0 Å². The molecule has 0 amide bonds. The number of hydrogen-bond acceptors (Lipinski definition) is 4. The number of rotatable bonds is 6. The zero-order valence-electron chi connectivity index (χ0n) is 7.49. The van der Waals surface area contributed by atoms with Crippen molar-refractivity contribution < 1.29 is 9.90 Å². The largest absolute Gasteiger partial charge is 0.480 e. The van der Waals surface area contributed by atoms with Gasteiger partial charge in [0.25, 0.3) is 0 Å². The van der Waals surface area contributed by atoms with Crippen molar-refractivity contribution in [2.24, 2.45) is 5.73 Å². The van der Waals surface area contributed by atoms with Gasteiger partial charge in [0.05, 0.1) is 0 Å². The maximum Gasteiger partial charge on any atom is 0.321 e. The highest BCUT2D eigenvalue weighted by Gasteiger charge is 2.13. The third-order valence-corrected chi connectivity index (χ3v) is 2.09. The molecule has 1 atom stereocenters. The van der Waals surface area contributed by atoms with Crippen molar-refractivity contribution in [1.29, 1.82) is 0 Å². The van der Waals surface area contributed by atoms with Gasteiger partial charge in [0, 0.05) is 18.8 Å². The standard InChI is InChI=1S/C7H16N2O2S/c1-9(3-4-12-2)5-6(8)7(10)11/h6H,3-5,8H2,1-2H3,(H,10,11). The summed E-state index contributed by atoms with van der Waals surface area (Å²) in [5, 5.41) is 8.50. The van der Waals surface area contributed by atoms with E-state index in [1.807, 2.05) is 18.2 Å². The molecule has 0 bridgehead atoms. The van der Waals surface area contributed by atoms with E-state index in [1.54, 1.807) is 11.8 Å². The number of nitrogens with two attached hydrogens (primary N) is 1. The molecule has 12 heavy (non-hydrogen) atoms. The number of nitrogens with zero attached hydrogens (tertiary/aromatic N) is 1. The van der Waals surface area contributed by atoms with Gasteiger partial charge in [-0.1, -0.05) is 0 Å². The number of likely N-dealkylation sites (N-methyl/N-ethyl adjacent to an activating group) is 1. The van der Waals surface area contributed by atoms with Crippen LogP contribution in [0.5, 0.6) is 0 Å². The number of carbonyl (C=O) groups is 1. The summed E-state index contributed by atoms with van der Waals surface area (Å²) in [5.41, 5.74) is 5.34. The van der Waals surface area contributed by atoms with E-state index >= 15 is 0 Å². The summed E-state index contributed by atoms with van der Waals surface area (Å²) in [6.45, 7) is 1.29. The zero-order valence-corrected chi connectivity index (χ0v) is 8.30. The van der Waals surface area contributed by atoms with Crippen molar-refractivity contribution >= 4 is 17.7 Å². The molecule has 0 saturated carbocycles. The Labute approximate surface area is 77.1 Å². The Morgan fingerprint density at radius 3 is 2.75 bits per heavy atom. The molecule has 0 aromatic carbocycles. The van der Waals surface area contributed by atoms with Gasteiger partial charge in [-0.05, 0) is 13.3 Å². The Morgan fingerprint density at radius 1 is 1.75 bits per heavy atom. The first-order valence-corrected chi connectivity index (χ1v) is 5.13. The van der Waals surface area contributed by atoms with Gasteiger partial charge in [0.15, 0.2) is 0 Å². The van der Waals surface area contributed by atoms with Crippen LogP contribution in [0.15, 0.2) is 0 Å². The first-order chi connectivity index (χ1) is 5.57. The van der Waals surface area contributed by atoms with Crippen molar-refractivity contribution in [3.63, 3.8) is 0 Å². The maximum atomic E-state index is 10.4. The third kappa shape index (κ3) is 5.40. The molecule has 0 radical (unpaired) electrons. The minimum absolute atomic E-state index is 0.413. The van der Waals surface area contributed by atoms with E-state index in [2.05, 4.69) is 0 Å². The van der Waals surface area contributed by atoms with Gasteiger partial charge in [-0.25, -0.2) is 0 Å². The molecule has 0 heterocycles. The van der Waals surface area contributed by atoms with Crippen molar-refractivity contribution in [3.05, 3.63) is 0 Å². The summed E-state index contributed by atoms with van der Waals surface area (Å²) in [6, 6.07) is -0.767. The first-order valence-electron chi connectivity index (χ1n) is 3.73. The molecule has 0 spiro atoms. The number of aliphatic carboxylic acids is 1. The summed E-state index contributed by atoms with van der Waals surface area (Å²) < 4.78 is 0. The zero-order chi connectivity index (χ0) is 9.56. The van der Waals surface area contributed by atoms with Crippen molar-refractivity contribution in [3.8, 4) is 0 Å². The van der Waals surface area contributed by atoms with Crippen LogP contribution in [0, 0.1) is 0 Å². The Hall–Kier alpha value is -0.260. The predicted molar refractivity (Wildman–Crippen MR) is 51.5 cm³/mol. The lowest BCUT2D eigenvalue weighted by molar-refractivity contribution is -0.138. The second-order valence-electron chi connectivity index (χ2n) is 2.70. The molecule has 4 nitrogen and oxygen atoms in total. The SMILES string of the molecule is CSCCN(C)CC(N)C(=O)O. The molecule has 0 aliphatic heterocycles. The summed E-state index contributed by atoms with van der Waals surface area (Å²) in [6.07, 6.45) is 2.02. The van der Waals surface area contributed by atoms with Gasteiger partial charge < -0.3 is 15.7 Å². The lowest BCUT2D eigenvalue weighted by Gasteiger charge is -2.17. The number of carboxylic acids is 1. The fourth-order valence-electron chi connectivity index (χ4n) is 0.752. The van der Waals surface area contributed by atoms with E-state index in [0.29, 0.717) is 6.54 Å². The molecule has 1 unspecified atom stereocenters. The maximum absolute atomic E-state index is 10.4. The second kappa shape index (κ2) is 6.28. The van der Waals surface area contributed by atoms with Crippen molar-refractivity contribution in [1.82, 2.24) is 4.90 Å². The Bertz CT molecular complexity index is 143. The van der Waals surface area contributed by atoms with Gasteiger partial charge in [-0.3, -0.25) is 4.79 Å². The minimum atomic E-state index is -0.939. The smallest absolute Gasteiger partial charge is 0.321 e. The summed E-state index contributed by atoms with van der Waals surface area (Å²) in [5.74, 6) is 0.0639. The van der Waals surface area contributed by atoms with E-state index in [1.165, 1.54) is 0 Å². The van der Waals surface area contributed by atoms with E-state index in [0.717, 1.165) is 12.3 Å². The van der Waals surface area contributed by atoms with E-state index in [9.17, 15) is 4.79 Å². The molecular formula is C7H16N2O2S. The molecule has 0 aliphatic carbocycles. The molecule has 0 aliphatic rings. The second-order valence-corrected chi connectivity index (χ2v) is 3.69. The molecule has 5 heteroatoms. The van der Waals surface area contributed by atoms with Gasteiger partial charge in [-0.15, -0.1) is 0 Å². The highest BCUT2D eigenvalue weighted by atomic mass is 32.2. The quantitative estimate of drug-likeness (QED) is 0.604. The predicted octanol–water partition coefficient (Wildman–Crippen LogP) is -0.307. The number of hydrogen-bond donors (Lipinski definition) is 2. The molecule has 0 aromatic heterocycles. The lowest BCUT2D eigenvalue weighted by Crippen LogP contribution is -2.41. The van der Waals surface area contributed by atoms with Crippen LogP contribution in [0.1, 0.15) is 0 Å². The average Bonchev–Trinajstić information content (AvgIpc) is 2.00. The molecule has 0 aromatic rings. The Kier molecular flexibility index (Phi) is 6.14. The van der Waals surface area contributed by atoms with Crippen LogP contribution in [0.4, 0.5) is 0 Å². The fourth-order valence-corrected chi connectivity index (χ4v) is 1.25. The number of carboxylic acid groups (broad SMARTS) is 1. The average molecular weight is 192 g/mol. The molecule has 3 N–H and O–H groups in total. The molecule has 0 saturated heterocycles. The van der Waals surface area contributed by atoms with Crippen LogP contribution >= 0.6 is 11.8 Å². The first kappa shape index (κ1) is 11.7. The highest BCUT2D eigenvalue weighted by molar-refractivity contribution is 7.98. The summed E-state index contributed by atoms with van der Waals surface area (Å²) >= 11 is 1.74. The highest BCUT2D eigenvalue weighted by Crippen LogP contribution is 1.94. The summed E-state index contributed by atoms with van der Waals surface area (Å²) in [4.78, 5) is 12.3. The van der Waals surface area contributed by atoms with E-state index in [4.69, 9.17) is 10.8 Å². The molecule has 0 fully saturated rings. The van der Waals surface area contributed by atoms with Gasteiger partial charge >= 0.3 is 5.97 Å². The molecular weight excluding hydrogens is 176 g/mol. The van der Waals surface area contributed by atoms with Gasteiger partial charge in [0.1, 0.15) is 6.04 Å². The van der Waals surface area contributed by atoms with Crippen LogP contribution in [0.25, 0.3) is 0 Å². The van der Waals surface area contributed by atoms with Crippen LogP contribution in [-0.2, 0) is 4.79 Å². The van der Waals surface area contributed by atoms with Gasteiger partial charge in [0.2, 0.25) is 0 Å². The minimum Gasteiger partial charge on any atom is -0.480 e. The molecule has 0 rings (SSSR count). The Balaban J connectivity index is 3.53. The molecule has 72 valence electrons.